The molecular formula is C14H22O4. The van der Waals surface area contributed by atoms with Gasteiger partial charge in [-0.1, -0.05) is 13.5 Å². The van der Waals surface area contributed by atoms with Crippen LogP contribution in [-0.4, -0.2) is 33.0 Å². The summed E-state index contributed by atoms with van der Waals surface area (Å²) in [5, 5.41) is 21.2. The van der Waals surface area contributed by atoms with Crippen molar-refractivity contribution in [3.05, 3.63) is 12.7 Å². The SMILES string of the molecule is C=CC(=O)OC1(C)CC2(O)CCCC(O)(C2)C1C. The van der Waals surface area contributed by atoms with Crippen molar-refractivity contribution in [2.24, 2.45) is 5.92 Å². The van der Waals surface area contributed by atoms with Gasteiger partial charge in [0.1, 0.15) is 5.60 Å². The number of carbonyl (C=O) groups is 1. The third-order valence-corrected chi connectivity index (χ3v) is 4.79. The number of esters is 1. The van der Waals surface area contributed by atoms with Crippen LogP contribution in [0.3, 0.4) is 0 Å². The van der Waals surface area contributed by atoms with Gasteiger partial charge >= 0.3 is 5.97 Å². The fourth-order valence-corrected chi connectivity index (χ4v) is 3.76. The predicted octanol–water partition coefficient (Wildman–Crippen LogP) is 1.55. The number of rotatable bonds is 2. The Hall–Kier alpha value is -0.870. The molecule has 0 heterocycles. The van der Waals surface area contributed by atoms with Crippen LogP contribution in [0, 0.1) is 5.92 Å². The first kappa shape index (κ1) is 13.6. The normalized spacial score (nSPS) is 47.4. The molecular weight excluding hydrogens is 232 g/mol. The highest BCUT2D eigenvalue weighted by Gasteiger charge is 2.60. The standard InChI is InChI=1S/C14H22O4/c1-4-11(15)18-12(3)8-13(16)6-5-7-14(17,9-13)10(12)2/h4,10,16-17H,1,5-9H2,2-3H3. The molecule has 0 spiro atoms. The van der Waals surface area contributed by atoms with Crippen molar-refractivity contribution in [1.29, 1.82) is 0 Å². The Labute approximate surface area is 108 Å². The molecule has 4 atom stereocenters. The Morgan fingerprint density at radius 3 is 2.67 bits per heavy atom. The van der Waals surface area contributed by atoms with E-state index in [1.165, 1.54) is 0 Å². The van der Waals surface area contributed by atoms with Crippen molar-refractivity contribution in [2.75, 3.05) is 0 Å². The molecule has 0 aromatic rings. The summed E-state index contributed by atoms with van der Waals surface area (Å²) in [5.74, 6) is -0.703. The van der Waals surface area contributed by atoms with Crippen molar-refractivity contribution in [3.8, 4) is 0 Å². The van der Waals surface area contributed by atoms with E-state index in [9.17, 15) is 15.0 Å². The maximum Gasteiger partial charge on any atom is 0.330 e. The van der Waals surface area contributed by atoms with Gasteiger partial charge in [-0.3, -0.25) is 0 Å². The average molecular weight is 254 g/mol. The van der Waals surface area contributed by atoms with Crippen LogP contribution in [0.4, 0.5) is 0 Å². The minimum atomic E-state index is -0.943. The van der Waals surface area contributed by atoms with Crippen LogP contribution < -0.4 is 0 Å². The molecule has 2 aliphatic carbocycles. The number of ether oxygens (including phenoxy) is 1. The summed E-state index contributed by atoms with van der Waals surface area (Å²) in [6.07, 6.45) is 3.99. The molecule has 18 heavy (non-hydrogen) atoms. The van der Waals surface area contributed by atoms with Gasteiger partial charge in [-0.15, -0.1) is 0 Å². The van der Waals surface area contributed by atoms with Gasteiger partial charge in [0.25, 0.3) is 0 Å². The van der Waals surface area contributed by atoms with Crippen LogP contribution >= 0.6 is 0 Å². The summed E-state index contributed by atoms with van der Waals surface area (Å²) >= 11 is 0. The number of aliphatic hydroxyl groups is 2. The molecule has 2 fully saturated rings. The number of fused-ring (bicyclic) bond motifs is 2. The third kappa shape index (κ3) is 2.08. The van der Waals surface area contributed by atoms with Crippen LogP contribution in [0.5, 0.6) is 0 Å². The highest BCUT2D eigenvalue weighted by molar-refractivity contribution is 5.81. The number of hydrogen-bond acceptors (Lipinski definition) is 4. The van der Waals surface area contributed by atoms with E-state index in [4.69, 9.17) is 4.74 Å². The molecule has 4 unspecified atom stereocenters. The maximum absolute atomic E-state index is 11.5. The number of hydrogen-bond donors (Lipinski definition) is 2. The molecule has 102 valence electrons. The van der Waals surface area contributed by atoms with E-state index in [2.05, 4.69) is 6.58 Å². The molecule has 0 aromatic heterocycles. The van der Waals surface area contributed by atoms with Gasteiger partial charge in [0.05, 0.1) is 11.2 Å². The fourth-order valence-electron chi connectivity index (χ4n) is 3.76. The van der Waals surface area contributed by atoms with Crippen molar-refractivity contribution in [3.63, 3.8) is 0 Å². The summed E-state index contributed by atoms with van der Waals surface area (Å²) in [6.45, 7) is 7.07. The van der Waals surface area contributed by atoms with Gasteiger partial charge in [-0.25, -0.2) is 4.79 Å². The monoisotopic (exact) mass is 254 g/mol. The van der Waals surface area contributed by atoms with Crippen LogP contribution in [0.2, 0.25) is 0 Å². The zero-order valence-electron chi connectivity index (χ0n) is 11.1. The van der Waals surface area contributed by atoms with Gasteiger partial charge < -0.3 is 14.9 Å². The first-order valence-corrected chi connectivity index (χ1v) is 6.53. The Balaban J connectivity index is 2.31. The second kappa shape index (κ2) is 4.07. The van der Waals surface area contributed by atoms with Gasteiger partial charge in [0.2, 0.25) is 0 Å². The second-order valence-corrected chi connectivity index (χ2v) is 6.19. The molecule has 4 nitrogen and oxygen atoms in total. The van der Waals surface area contributed by atoms with Crippen LogP contribution in [0.25, 0.3) is 0 Å². The van der Waals surface area contributed by atoms with Crippen LogP contribution in [-0.2, 0) is 9.53 Å². The summed E-state index contributed by atoms with van der Waals surface area (Å²) < 4.78 is 5.43. The lowest BCUT2D eigenvalue weighted by Gasteiger charge is -2.57. The quantitative estimate of drug-likeness (QED) is 0.579. The maximum atomic E-state index is 11.5. The largest absolute Gasteiger partial charge is 0.456 e. The van der Waals surface area contributed by atoms with Gasteiger partial charge in [0.15, 0.2) is 0 Å². The number of carbonyl (C=O) groups excluding carboxylic acids is 1. The van der Waals surface area contributed by atoms with Crippen molar-refractivity contribution in [1.82, 2.24) is 0 Å². The topological polar surface area (TPSA) is 66.8 Å². The van der Waals surface area contributed by atoms with Crippen molar-refractivity contribution >= 4 is 5.97 Å². The molecule has 2 saturated carbocycles. The van der Waals surface area contributed by atoms with Gasteiger partial charge in [-0.05, 0) is 26.2 Å². The molecule has 4 heteroatoms. The lowest BCUT2D eigenvalue weighted by Crippen LogP contribution is -2.64. The molecule has 2 aliphatic rings. The molecule has 2 bridgehead atoms. The fraction of sp³-hybridized carbons (Fsp3) is 0.786. The molecule has 0 aromatic carbocycles. The Bertz CT molecular complexity index is 380. The van der Waals surface area contributed by atoms with E-state index in [0.717, 1.165) is 12.5 Å². The van der Waals surface area contributed by atoms with E-state index in [1.807, 2.05) is 6.92 Å². The zero-order chi connectivity index (χ0) is 13.6. The van der Waals surface area contributed by atoms with Crippen molar-refractivity contribution in [2.45, 2.75) is 62.8 Å². The van der Waals surface area contributed by atoms with E-state index < -0.39 is 22.8 Å². The smallest absolute Gasteiger partial charge is 0.330 e. The molecule has 0 radical (unpaired) electrons. The Kier molecular flexibility index (Phi) is 3.06. The molecule has 2 rings (SSSR count). The van der Waals surface area contributed by atoms with Gasteiger partial charge in [-0.2, -0.15) is 0 Å². The summed E-state index contributed by atoms with van der Waals surface area (Å²) in [5.41, 5.74) is -2.70. The van der Waals surface area contributed by atoms with E-state index in [1.54, 1.807) is 6.92 Å². The first-order valence-electron chi connectivity index (χ1n) is 6.53. The lowest BCUT2D eigenvalue weighted by molar-refractivity contribution is -0.238. The highest BCUT2D eigenvalue weighted by atomic mass is 16.6. The highest BCUT2D eigenvalue weighted by Crippen LogP contribution is 2.53. The Morgan fingerprint density at radius 2 is 2.06 bits per heavy atom. The first-order chi connectivity index (χ1) is 8.23. The summed E-state index contributed by atoms with van der Waals surface area (Å²) in [4.78, 5) is 11.5. The average Bonchev–Trinajstić information content (AvgIpc) is 2.25. The lowest BCUT2D eigenvalue weighted by atomic mass is 9.56. The zero-order valence-corrected chi connectivity index (χ0v) is 11.1. The van der Waals surface area contributed by atoms with Crippen LogP contribution in [0.15, 0.2) is 12.7 Å². The predicted molar refractivity (Wildman–Crippen MR) is 66.8 cm³/mol. The molecule has 0 amide bonds. The second-order valence-electron chi connectivity index (χ2n) is 6.19. The molecule has 0 saturated heterocycles. The minimum absolute atomic E-state index is 0.200. The van der Waals surface area contributed by atoms with Crippen molar-refractivity contribution < 1.29 is 19.7 Å². The summed E-state index contributed by atoms with van der Waals surface area (Å²) in [6, 6.07) is 0. The third-order valence-electron chi connectivity index (χ3n) is 4.79. The Morgan fingerprint density at radius 1 is 1.39 bits per heavy atom. The minimum Gasteiger partial charge on any atom is -0.456 e. The van der Waals surface area contributed by atoms with Gasteiger partial charge in [0, 0.05) is 24.8 Å². The summed E-state index contributed by atoms with van der Waals surface area (Å²) in [7, 11) is 0. The van der Waals surface area contributed by atoms with E-state index >= 15 is 0 Å². The van der Waals surface area contributed by atoms with Crippen LogP contribution in [0.1, 0.15) is 46.0 Å². The molecule has 2 N–H and O–H groups in total. The van der Waals surface area contributed by atoms with E-state index in [0.29, 0.717) is 25.7 Å². The molecule has 0 aliphatic heterocycles. The van der Waals surface area contributed by atoms with E-state index in [-0.39, 0.29) is 5.92 Å².